The summed E-state index contributed by atoms with van der Waals surface area (Å²) in [5.41, 5.74) is 36.6. The molecule has 0 N–H and O–H groups in total. The van der Waals surface area contributed by atoms with Crippen molar-refractivity contribution >= 4 is 143 Å². The summed E-state index contributed by atoms with van der Waals surface area (Å²) in [6.45, 7) is 25.9. The summed E-state index contributed by atoms with van der Waals surface area (Å²) >= 11 is 0. The molecule has 0 unspecified atom stereocenters. The van der Waals surface area contributed by atoms with E-state index < -0.39 is 0 Å². The van der Waals surface area contributed by atoms with E-state index in [0.29, 0.717) is 0 Å². The summed E-state index contributed by atoms with van der Waals surface area (Å²) in [6.07, 6.45) is 0.747. The predicted octanol–water partition coefficient (Wildman–Crippen LogP) is 38.3. The Balaban J connectivity index is 0.611. The molecule has 0 atom stereocenters. The van der Waals surface area contributed by atoms with Crippen molar-refractivity contribution in [1.29, 1.82) is 0 Å². The van der Waals surface area contributed by atoms with Crippen LogP contribution in [-0.4, -0.2) is 0 Å². The van der Waals surface area contributed by atoms with E-state index in [9.17, 15) is 0 Å². The van der Waals surface area contributed by atoms with E-state index in [4.69, 9.17) is 17.7 Å². The minimum Gasteiger partial charge on any atom is -0.456 e. The number of anilines is 6. The van der Waals surface area contributed by atoms with Crippen LogP contribution in [0.25, 0.3) is 198 Å². The van der Waals surface area contributed by atoms with Gasteiger partial charge in [-0.3, -0.25) is 0 Å². The van der Waals surface area contributed by atoms with Crippen molar-refractivity contribution in [3.63, 3.8) is 0 Å². The van der Waals surface area contributed by atoms with Crippen LogP contribution in [-0.2, 0) is 28.1 Å². The van der Waals surface area contributed by atoms with Crippen LogP contribution >= 0.6 is 0 Å². The van der Waals surface area contributed by atoms with Crippen molar-refractivity contribution < 1.29 is 17.7 Å². The van der Waals surface area contributed by atoms with Crippen LogP contribution in [0.5, 0.6) is 0 Å². The van der Waals surface area contributed by atoms with Crippen molar-refractivity contribution in [2.45, 2.75) is 104 Å². The van der Waals surface area contributed by atoms with Gasteiger partial charge in [0.1, 0.15) is 44.7 Å². The Morgan fingerprint density at radius 2 is 0.536 bits per heavy atom. The fourth-order valence-corrected chi connectivity index (χ4v) is 21.6. The third-order valence-corrected chi connectivity index (χ3v) is 28.7. The summed E-state index contributed by atoms with van der Waals surface area (Å²) in [7, 11) is 0. The summed E-state index contributed by atoms with van der Waals surface area (Å²) in [5, 5.41) is 13.4. The largest absolute Gasteiger partial charge is 0.456 e. The lowest BCUT2D eigenvalue weighted by atomic mass is 9.75. The predicted molar refractivity (Wildman–Crippen MR) is 583 cm³/mol. The van der Waals surface area contributed by atoms with Crippen LogP contribution in [0.4, 0.5) is 34.1 Å². The molecule has 0 fully saturated rings. The highest BCUT2D eigenvalue weighted by Gasteiger charge is 2.32. The molecule has 0 saturated heterocycles. The van der Waals surface area contributed by atoms with Gasteiger partial charge in [-0.15, -0.1) is 0 Å². The highest BCUT2D eigenvalue weighted by atomic mass is 16.3. The van der Waals surface area contributed by atoms with Crippen molar-refractivity contribution in [3.8, 4) is 89.0 Å². The number of hydrogen-bond donors (Lipinski definition) is 0. The van der Waals surface area contributed by atoms with Gasteiger partial charge in [0.05, 0.1) is 17.1 Å². The second-order valence-corrected chi connectivity index (χ2v) is 41.1. The molecule has 4 heterocycles. The maximum absolute atomic E-state index is 7.25. The Kier molecular flexibility index (Phi) is 20.3. The molecule has 24 rings (SSSR count). The zero-order chi connectivity index (χ0) is 93.6. The molecule has 0 amide bonds. The Hall–Kier alpha value is -16.3. The van der Waals surface area contributed by atoms with Gasteiger partial charge in [-0.2, -0.15) is 0 Å². The van der Waals surface area contributed by atoms with Crippen LogP contribution in [0.1, 0.15) is 104 Å². The maximum atomic E-state index is 7.25. The molecule has 666 valence electrons. The van der Waals surface area contributed by atoms with E-state index in [0.717, 1.165) is 200 Å². The van der Waals surface area contributed by atoms with Gasteiger partial charge in [0.15, 0.2) is 0 Å². The number of para-hydroxylation sites is 7. The first-order valence-corrected chi connectivity index (χ1v) is 48.3. The molecular weight excluding hydrogens is 1680 g/mol. The highest BCUT2D eigenvalue weighted by Crippen LogP contribution is 2.54. The number of furan rings is 4. The summed E-state index contributed by atoms with van der Waals surface area (Å²) in [6, 6.07) is 154. The molecule has 0 spiro atoms. The van der Waals surface area contributed by atoms with Gasteiger partial charge in [-0.1, -0.05) is 398 Å². The first kappa shape index (κ1) is 84.7. The fourth-order valence-electron chi connectivity index (χ4n) is 21.6. The van der Waals surface area contributed by atoms with Gasteiger partial charge < -0.3 is 27.5 Å². The van der Waals surface area contributed by atoms with Crippen LogP contribution < -0.4 is 9.80 Å². The lowest BCUT2D eigenvalue weighted by molar-refractivity contribution is 0.517. The van der Waals surface area contributed by atoms with Gasteiger partial charge in [0, 0.05) is 82.4 Å². The SMILES string of the molecule is CC(C)(C)c1cc(-c2cccc3cccc(-c4ccccc4N(c4cccc(-c5cccc6oc7ccccc7c56)c4)c4ccccc4-c4cccc5oc6cc(CC(C)(C)c7cc(-c8cccc9cccc(-c%10ccccc%10N(c%10ccc(-c%11cccc%12c%11oc%11ccccc%11%12)cc%10)c%10cccc(-c%11cccc%12oc%13ccccc%13c%11%12)c%10)c89)cc(C(C)(C)C)c7)ccc6c45)c23)cc(C(C)(C)C)c1. The number of nitrogens with zero attached hydrogens (tertiary/aromatic N) is 2. The van der Waals surface area contributed by atoms with Crippen LogP contribution in [0, 0.1) is 0 Å². The zero-order valence-electron chi connectivity index (χ0n) is 79.6. The average Bonchev–Trinajstić information content (AvgIpc) is 1.32. The van der Waals surface area contributed by atoms with Crippen molar-refractivity contribution in [2.75, 3.05) is 9.80 Å². The van der Waals surface area contributed by atoms with Gasteiger partial charge in [0.25, 0.3) is 0 Å². The maximum Gasteiger partial charge on any atom is 0.143 e. The molecule has 6 nitrogen and oxygen atoms in total. The van der Waals surface area contributed by atoms with Crippen molar-refractivity contribution in [2.24, 2.45) is 0 Å². The normalized spacial score (nSPS) is 12.3. The second kappa shape index (κ2) is 33.1. The molecule has 0 bridgehead atoms. The van der Waals surface area contributed by atoms with E-state index in [1.807, 2.05) is 18.2 Å². The number of hydrogen-bond acceptors (Lipinski definition) is 6. The molecule has 0 aliphatic rings. The zero-order valence-corrected chi connectivity index (χ0v) is 79.6. The molecule has 20 aromatic carbocycles. The highest BCUT2D eigenvalue weighted by molar-refractivity contribution is 6.18. The third kappa shape index (κ3) is 14.8. The van der Waals surface area contributed by atoms with Crippen molar-refractivity contribution in [3.05, 3.63) is 446 Å². The summed E-state index contributed by atoms with van der Waals surface area (Å²) < 4.78 is 27.0. The summed E-state index contributed by atoms with van der Waals surface area (Å²) in [4.78, 5) is 4.95. The molecule has 0 saturated carbocycles. The Morgan fingerprint density at radius 3 is 1.03 bits per heavy atom. The minimum absolute atomic E-state index is 0.0765. The van der Waals surface area contributed by atoms with E-state index in [1.165, 1.54) is 66.2 Å². The Bertz CT molecular complexity index is 8950. The lowest BCUT2D eigenvalue weighted by Gasteiger charge is -2.31. The monoisotopic (exact) mass is 1780 g/mol. The number of rotatable bonds is 17. The first-order valence-electron chi connectivity index (χ1n) is 48.3. The Labute approximate surface area is 805 Å². The molecule has 24 aromatic rings. The molecule has 138 heavy (non-hydrogen) atoms. The van der Waals surface area contributed by atoms with Crippen molar-refractivity contribution in [1.82, 2.24) is 0 Å². The quantitative estimate of drug-likeness (QED) is 0.0905. The van der Waals surface area contributed by atoms with Gasteiger partial charge in [0.2, 0.25) is 0 Å². The average molecular weight is 1780 g/mol. The Morgan fingerprint density at radius 1 is 0.196 bits per heavy atom. The first-order chi connectivity index (χ1) is 67.0. The standard InChI is InChI=1S/C132H104N2O4/c1-129(2,3)90-73-88(74-91(79-90)130(4,5)6)99-48-26-34-84-37-29-54-107(123(84)99)103-43-13-19-58-114(103)134(96-41-25-39-87(78-96)98-51-32-64-120-126(98)111-47-17-23-62-118(111)136-120)115-59-20-14-44-104(115)108-55-33-65-121-127(108)112-71-66-82(72-122(112)137-121)81-132(10,11)93-76-89(75-92(80-93)131(7,8)9)100-49-27-35-85-36-28-53-106(124(85)100)102-42-12-18-57-113(102)133(94-69-67-83(68-70-94)101-52-30-56-109-105-45-15-21-60-116(105)138-128(101)109)95-40-24-38-86(77-95)97-50-31-63-119-125(97)110-46-16-22-61-117(110)135-119/h12-80H,81H2,1-11H3. The smallest absolute Gasteiger partial charge is 0.143 e. The van der Waals surface area contributed by atoms with Crippen LogP contribution in [0.3, 0.4) is 0 Å². The van der Waals surface area contributed by atoms with Crippen LogP contribution in [0.2, 0.25) is 0 Å². The molecule has 0 radical (unpaired) electrons. The fraction of sp³-hybridized carbons (Fsp3) is 0.121. The van der Waals surface area contributed by atoms with Gasteiger partial charge >= 0.3 is 0 Å². The number of fused-ring (bicyclic) bond motifs is 14. The minimum atomic E-state index is -0.365. The molecule has 0 aliphatic heterocycles. The molecule has 4 aromatic heterocycles. The summed E-state index contributed by atoms with van der Waals surface area (Å²) in [5.74, 6) is 0. The van der Waals surface area contributed by atoms with Gasteiger partial charge in [-0.05, 0) is 241 Å². The van der Waals surface area contributed by atoms with Crippen LogP contribution in [0.15, 0.2) is 436 Å². The van der Waals surface area contributed by atoms with E-state index >= 15 is 0 Å². The van der Waals surface area contributed by atoms with E-state index in [1.54, 1.807) is 0 Å². The topological polar surface area (TPSA) is 59.0 Å². The lowest BCUT2D eigenvalue weighted by Crippen LogP contribution is -2.22. The second-order valence-electron chi connectivity index (χ2n) is 41.1. The van der Waals surface area contributed by atoms with Gasteiger partial charge in [-0.25, -0.2) is 0 Å². The molecular formula is C132H104N2O4. The number of benzene rings is 20. The third-order valence-electron chi connectivity index (χ3n) is 28.7. The van der Waals surface area contributed by atoms with E-state index in [-0.39, 0.29) is 21.7 Å². The van der Waals surface area contributed by atoms with E-state index in [2.05, 4.69) is 486 Å². The molecule has 6 heteroatoms. The molecule has 0 aliphatic carbocycles.